The number of hydrogen-bond acceptors (Lipinski definition) is 5. The van der Waals surface area contributed by atoms with Gasteiger partial charge in [-0.25, -0.2) is 12.7 Å². The van der Waals surface area contributed by atoms with Crippen molar-refractivity contribution in [3.8, 4) is 0 Å². The van der Waals surface area contributed by atoms with Crippen molar-refractivity contribution < 1.29 is 22.7 Å². The summed E-state index contributed by atoms with van der Waals surface area (Å²) in [4.78, 5) is 27.3. The smallest absolute Gasteiger partial charge is 0.256 e. The van der Waals surface area contributed by atoms with Crippen LogP contribution in [0.1, 0.15) is 30.1 Å². The molecule has 2 fully saturated rings. The molecule has 154 valence electrons. The van der Waals surface area contributed by atoms with E-state index < -0.39 is 15.9 Å². The minimum absolute atomic E-state index is 0.0260. The maximum Gasteiger partial charge on any atom is 0.256 e. The van der Waals surface area contributed by atoms with E-state index >= 15 is 0 Å². The number of piperidine rings is 1. The summed E-state index contributed by atoms with van der Waals surface area (Å²) in [6.07, 6.45) is 1.27. The number of rotatable bonds is 5. The first-order valence-electron chi connectivity index (χ1n) is 9.67. The molecule has 0 spiro atoms. The number of carbonyl (C=O) groups excluding carboxylic acids is 2. The molecule has 1 atom stereocenters. The highest BCUT2D eigenvalue weighted by atomic mass is 32.2. The van der Waals surface area contributed by atoms with Crippen LogP contribution >= 0.6 is 0 Å². The third-order valence-electron chi connectivity index (χ3n) is 5.23. The minimum Gasteiger partial charge on any atom is -0.378 e. The van der Waals surface area contributed by atoms with Crippen LogP contribution < -0.4 is 5.32 Å². The first kappa shape index (κ1) is 20.8. The fraction of sp³-hybridized carbons (Fsp3) is 0.579. The summed E-state index contributed by atoms with van der Waals surface area (Å²) in [5.74, 6) is -0.795. The second-order valence-electron chi connectivity index (χ2n) is 7.04. The number of nitrogens with zero attached hydrogens (tertiary/aromatic N) is 2. The molecule has 28 heavy (non-hydrogen) atoms. The van der Waals surface area contributed by atoms with E-state index in [4.69, 9.17) is 4.74 Å². The van der Waals surface area contributed by atoms with Gasteiger partial charge in [0.2, 0.25) is 15.9 Å². The Morgan fingerprint density at radius 3 is 2.61 bits per heavy atom. The number of para-hydroxylation sites is 1. The molecule has 2 aliphatic rings. The molecule has 2 saturated heterocycles. The van der Waals surface area contributed by atoms with Crippen molar-refractivity contribution in [2.45, 2.75) is 19.8 Å². The van der Waals surface area contributed by atoms with Crippen molar-refractivity contribution in [2.75, 3.05) is 50.5 Å². The standard InChI is InChI=1S/C19H27N3O5S/c1-2-28(25,26)22-9-5-6-15(14-22)18(23)20-17-8-4-3-7-16(17)19(24)21-10-12-27-13-11-21/h3-4,7-8,15H,2,5-6,9-14H2,1H3,(H,20,23)/t15-/m0/s1. The van der Waals surface area contributed by atoms with Gasteiger partial charge in [0.1, 0.15) is 0 Å². The Morgan fingerprint density at radius 2 is 1.89 bits per heavy atom. The Labute approximate surface area is 165 Å². The quantitative estimate of drug-likeness (QED) is 0.787. The molecule has 9 heteroatoms. The van der Waals surface area contributed by atoms with E-state index in [1.54, 1.807) is 36.1 Å². The molecule has 1 aromatic rings. The molecule has 0 saturated carbocycles. The van der Waals surface area contributed by atoms with Gasteiger partial charge in [0.25, 0.3) is 5.91 Å². The highest BCUT2D eigenvalue weighted by Gasteiger charge is 2.32. The maximum atomic E-state index is 12.8. The molecule has 3 rings (SSSR count). The topological polar surface area (TPSA) is 96.0 Å². The van der Waals surface area contributed by atoms with E-state index in [0.29, 0.717) is 56.9 Å². The highest BCUT2D eigenvalue weighted by molar-refractivity contribution is 7.89. The molecular weight excluding hydrogens is 382 g/mol. The summed E-state index contributed by atoms with van der Waals surface area (Å²) >= 11 is 0. The Hall–Kier alpha value is -1.97. The van der Waals surface area contributed by atoms with Crippen LogP contribution in [-0.2, 0) is 19.6 Å². The second-order valence-corrected chi connectivity index (χ2v) is 9.29. The molecule has 0 unspecified atom stereocenters. The predicted molar refractivity (Wildman–Crippen MR) is 106 cm³/mol. The van der Waals surface area contributed by atoms with E-state index in [0.717, 1.165) is 0 Å². The Kier molecular flexibility index (Phi) is 6.69. The van der Waals surface area contributed by atoms with Crippen LogP contribution in [0.15, 0.2) is 24.3 Å². The number of hydrogen-bond donors (Lipinski definition) is 1. The summed E-state index contributed by atoms with van der Waals surface area (Å²) in [7, 11) is -3.32. The van der Waals surface area contributed by atoms with Gasteiger partial charge >= 0.3 is 0 Å². The summed E-state index contributed by atoms with van der Waals surface area (Å²) in [6.45, 7) is 4.29. The number of nitrogens with one attached hydrogen (secondary N) is 1. The van der Waals surface area contributed by atoms with Crippen LogP contribution in [0, 0.1) is 5.92 Å². The summed E-state index contributed by atoms with van der Waals surface area (Å²) < 4.78 is 30.9. The van der Waals surface area contributed by atoms with Gasteiger partial charge in [0.05, 0.1) is 36.1 Å². The number of amides is 2. The van der Waals surface area contributed by atoms with Gasteiger partial charge in [-0.05, 0) is 31.9 Å². The van der Waals surface area contributed by atoms with E-state index in [1.165, 1.54) is 4.31 Å². The molecule has 0 aromatic heterocycles. The third-order valence-corrected chi connectivity index (χ3v) is 7.07. The van der Waals surface area contributed by atoms with Crippen LogP contribution in [0.3, 0.4) is 0 Å². The van der Waals surface area contributed by atoms with Gasteiger partial charge in [0.15, 0.2) is 0 Å². The molecule has 1 aromatic carbocycles. The lowest BCUT2D eigenvalue weighted by atomic mass is 9.98. The van der Waals surface area contributed by atoms with Crippen molar-refractivity contribution in [2.24, 2.45) is 5.92 Å². The monoisotopic (exact) mass is 409 g/mol. The van der Waals surface area contributed by atoms with Crippen molar-refractivity contribution >= 4 is 27.5 Å². The molecular formula is C19H27N3O5S. The van der Waals surface area contributed by atoms with Crippen LogP contribution in [0.2, 0.25) is 0 Å². The van der Waals surface area contributed by atoms with Crippen LogP contribution in [0.5, 0.6) is 0 Å². The van der Waals surface area contributed by atoms with E-state index in [-0.39, 0.29) is 24.1 Å². The number of carbonyl (C=O) groups is 2. The average Bonchev–Trinajstić information content (AvgIpc) is 2.74. The third kappa shape index (κ3) is 4.71. The zero-order valence-electron chi connectivity index (χ0n) is 16.1. The largest absolute Gasteiger partial charge is 0.378 e. The first-order valence-corrected chi connectivity index (χ1v) is 11.3. The Morgan fingerprint density at radius 1 is 1.18 bits per heavy atom. The van der Waals surface area contributed by atoms with Gasteiger partial charge in [0, 0.05) is 26.2 Å². The zero-order chi connectivity index (χ0) is 20.1. The average molecular weight is 410 g/mol. The summed E-state index contributed by atoms with van der Waals surface area (Å²) in [5, 5.41) is 2.85. The Balaban J connectivity index is 1.71. The van der Waals surface area contributed by atoms with E-state index in [2.05, 4.69) is 5.32 Å². The van der Waals surface area contributed by atoms with Gasteiger partial charge in [-0.2, -0.15) is 0 Å². The number of ether oxygens (including phenoxy) is 1. The second kappa shape index (κ2) is 9.02. The van der Waals surface area contributed by atoms with Crippen LogP contribution in [-0.4, -0.2) is 74.6 Å². The zero-order valence-corrected chi connectivity index (χ0v) is 16.9. The normalized spacial score (nSPS) is 21.3. The molecule has 0 aliphatic carbocycles. The number of sulfonamides is 1. The van der Waals surface area contributed by atoms with E-state index in [9.17, 15) is 18.0 Å². The number of anilines is 1. The number of morpholine rings is 1. The van der Waals surface area contributed by atoms with Crippen LogP contribution in [0.4, 0.5) is 5.69 Å². The number of benzene rings is 1. The van der Waals surface area contributed by atoms with Gasteiger partial charge in [-0.1, -0.05) is 12.1 Å². The van der Waals surface area contributed by atoms with Crippen LogP contribution in [0.25, 0.3) is 0 Å². The molecule has 0 bridgehead atoms. The lowest BCUT2D eigenvalue weighted by Gasteiger charge is -2.31. The SMILES string of the molecule is CCS(=O)(=O)N1CCC[C@H](C(=O)Nc2ccccc2C(=O)N2CCOCC2)C1. The maximum absolute atomic E-state index is 12.8. The van der Waals surface area contributed by atoms with Gasteiger partial charge in [-0.15, -0.1) is 0 Å². The molecule has 2 heterocycles. The highest BCUT2D eigenvalue weighted by Crippen LogP contribution is 2.23. The van der Waals surface area contributed by atoms with Gasteiger partial charge < -0.3 is 15.0 Å². The lowest BCUT2D eigenvalue weighted by molar-refractivity contribution is -0.120. The molecule has 0 radical (unpaired) electrons. The van der Waals surface area contributed by atoms with Crippen molar-refractivity contribution in [3.05, 3.63) is 29.8 Å². The lowest BCUT2D eigenvalue weighted by Crippen LogP contribution is -2.44. The fourth-order valence-corrected chi connectivity index (χ4v) is 4.72. The molecule has 2 amide bonds. The first-order chi connectivity index (χ1) is 13.4. The van der Waals surface area contributed by atoms with Gasteiger partial charge in [-0.3, -0.25) is 9.59 Å². The molecule has 1 N–H and O–H groups in total. The summed E-state index contributed by atoms with van der Waals surface area (Å²) in [5.41, 5.74) is 0.894. The molecule has 2 aliphatic heterocycles. The van der Waals surface area contributed by atoms with Crippen molar-refractivity contribution in [1.29, 1.82) is 0 Å². The van der Waals surface area contributed by atoms with Crippen molar-refractivity contribution in [1.82, 2.24) is 9.21 Å². The predicted octanol–water partition coefficient (Wildman–Crippen LogP) is 1.16. The summed E-state index contributed by atoms with van der Waals surface area (Å²) in [6, 6.07) is 6.93. The minimum atomic E-state index is -3.32. The fourth-order valence-electron chi connectivity index (χ4n) is 3.54. The Bertz CT molecular complexity index is 821. The molecule has 8 nitrogen and oxygen atoms in total. The van der Waals surface area contributed by atoms with Crippen molar-refractivity contribution in [3.63, 3.8) is 0 Å². The van der Waals surface area contributed by atoms with E-state index in [1.807, 2.05) is 0 Å².